The molecule has 1 aliphatic carbocycles. The third-order valence-electron chi connectivity index (χ3n) is 4.00. The smallest absolute Gasteiger partial charge is 0.337 e. The minimum atomic E-state index is -0.893. The number of epoxide rings is 1. The van der Waals surface area contributed by atoms with Gasteiger partial charge >= 0.3 is 5.97 Å². The lowest BCUT2D eigenvalue weighted by atomic mass is 9.82. The first-order valence-corrected chi connectivity index (χ1v) is 5.37. The number of methoxy groups -OCH3 is 1. The summed E-state index contributed by atoms with van der Waals surface area (Å²) in [6.45, 7) is 1.95. The van der Waals surface area contributed by atoms with Gasteiger partial charge in [0.15, 0.2) is 0 Å². The van der Waals surface area contributed by atoms with Crippen molar-refractivity contribution in [1.29, 1.82) is 0 Å². The summed E-state index contributed by atoms with van der Waals surface area (Å²) in [7, 11) is 1.34. The predicted molar refractivity (Wildman–Crippen MR) is 52.1 cm³/mol. The Morgan fingerprint density at radius 1 is 1.69 bits per heavy atom. The molecule has 0 aromatic carbocycles. The molecule has 0 radical (unpaired) electrons. The van der Waals surface area contributed by atoms with Crippen LogP contribution in [0, 0.1) is 11.8 Å². The Labute approximate surface area is 93.0 Å². The first kappa shape index (κ1) is 10.1. The number of fused-ring (bicyclic) bond motifs is 3. The van der Waals surface area contributed by atoms with Gasteiger partial charge in [-0.05, 0) is 13.3 Å². The average molecular weight is 226 g/mol. The second-order valence-electron chi connectivity index (χ2n) is 4.75. The second kappa shape index (κ2) is 2.99. The highest BCUT2D eigenvalue weighted by Crippen LogP contribution is 2.60. The van der Waals surface area contributed by atoms with E-state index < -0.39 is 6.29 Å². The van der Waals surface area contributed by atoms with Gasteiger partial charge in [0.2, 0.25) is 6.29 Å². The fourth-order valence-electron chi connectivity index (χ4n) is 3.06. The molecule has 2 heterocycles. The molecule has 88 valence electrons. The van der Waals surface area contributed by atoms with Gasteiger partial charge in [-0.2, -0.15) is 0 Å². The number of carbonyl (C=O) groups excluding carboxylic acids is 1. The molecule has 16 heavy (non-hydrogen) atoms. The Kier molecular flexibility index (Phi) is 1.89. The van der Waals surface area contributed by atoms with E-state index in [0.29, 0.717) is 5.57 Å². The SMILES string of the molecule is COC(=O)C1=COC(O)[C@H]2[C@@H]1CC1OC12C. The molecule has 2 fully saturated rings. The van der Waals surface area contributed by atoms with Crippen LogP contribution in [0.4, 0.5) is 0 Å². The molecule has 2 aliphatic heterocycles. The molecular weight excluding hydrogens is 212 g/mol. The zero-order valence-electron chi connectivity index (χ0n) is 9.17. The number of ether oxygens (including phenoxy) is 3. The van der Waals surface area contributed by atoms with Crippen LogP contribution in [-0.4, -0.2) is 36.2 Å². The zero-order valence-corrected chi connectivity index (χ0v) is 9.17. The Morgan fingerprint density at radius 2 is 2.44 bits per heavy atom. The predicted octanol–water partition coefficient (Wildman–Crippen LogP) is 0.185. The maximum Gasteiger partial charge on any atom is 0.337 e. The Morgan fingerprint density at radius 3 is 3.12 bits per heavy atom. The summed E-state index contributed by atoms with van der Waals surface area (Å²) >= 11 is 0. The van der Waals surface area contributed by atoms with Crippen LogP contribution in [0.2, 0.25) is 0 Å². The summed E-state index contributed by atoms with van der Waals surface area (Å²) in [5.74, 6) is -0.566. The first-order valence-electron chi connectivity index (χ1n) is 5.37. The lowest BCUT2D eigenvalue weighted by Gasteiger charge is -2.33. The van der Waals surface area contributed by atoms with Crippen LogP contribution < -0.4 is 0 Å². The average Bonchev–Trinajstić information content (AvgIpc) is 2.80. The van der Waals surface area contributed by atoms with Gasteiger partial charge in [-0.25, -0.2) is 4.79 Å². The van der Waals surface area contributed by atoms with Gasteiger partial charge in [-0.15, -0.1) is 0 Å². The van der Waals surface area contributed by atoms with Gasteiger partial charge in [0.05, 0.1) is 31.0 Å². The summed E-state index contributed by atoms with van der Waals surface area (Å²) in [5, 5.41) is 9.81. The van der Waals surface area contributed by atoms with Crippen molar-refractivity contribution in [3.63, 3.8) is 0 Å². The monoisotopic (exact) mass is 226 g/mol. The summed E-state index contributed by atoms with van der Waals surface area (Å²) < 4.78 is 15.3. The quantitative estimate of drug-likeness (QED) is 0.510. The molecule has 5 heteroatoms. The van der Waals surface area contributed by atoms with Crippen LogP contribution in [0.3, 0.4) is 0 Å². The fourth-order valence-corrected chi connectivity index (χ4v) is 3.06. The van der Waals surface area contributed by atoms with Gasteiger partial charge in [0.1, 0.15) is 5.60 Å². The van der Waals surface area contributed by atoms with Crippen LogP contribution >= 0.6 is 0 Å². The van der Waals surface area contributed by atoms with E-state index in [2.05, 4.69) is 0 Å². The molecule has 0 bridgehead atoms. The van der Waals surface area contributed by atoms with E-state index in [1.54, 1.807) is 0 Å². The Bertz CT molecular complexity index is 377. The van der Waals surface area contributed by atoms with Gasteiger partial charge in [-0.1, -0.05) is 0 Å². The molecule has 5 nitrogen and oxygen atoms in total. The topological polar surface area (TPSA) is 68.3 Å². The van der Waals surface area contributed by atoms with Crippen LogP contribution in [0.5, 0.6) is 0 Å². The van der Waals surface area contributed by atoms with Crippen molar-refractivity contribution in [2.45, 2.75) is 31.3 Å². The third-order valence-corrected chi connectivity index (χ3v) is 4.00. The van der Waals surface area contributed by atoms with E-state index in [-0.39, 0.29) is 29.5 Å². The number of hydrogen-bond acceptors (Lipinski definition) is 5. The largest absolute Gasteiger partial charge is 0.472 e. The molecule has 3 aliphatic rings. The molecule has 0 amide bonds. The normalized spacial score (nSPS) is 48.6. The van der Waals surface area contributed by atoms with Crippen LogP contribution in [0.25, 0.3) is 0 Å². The number of esters is 1. The molecule has 0 aromatic rings. The van der Waals surface area contributed by atoms with Crippen molar-refractivity contribution in [3.8, 4) is 0 Å². The molecule has 1 saturated heterocycles. The van der Waals surface area contributed by atoms with Gasteiger partial charge < -0.3 is 19.3 Å². The van der Waals surface area contributed by atoms with Crippen molar-refractivity contribution in [1.82, 2.24) is 0 Å². The molecule has 1 N–H and O–H groups in total. The molecule has 0 aromatic heterocycles. The second-order valence-corrected chi connectivity index (χ2v) is 4.75. The summed E-state index contributed by atoms with van der Waals surface area (Å²) in [4.78, 5) is 11.5. The van der Waals surface area contributed by atoms with Gasteiger partial charge in [0, 0.05) is 5.92 Å². The lowest BCUT2D eigenvalue weighted by molar-refractivity contribution is -0.149. The number of hydrogen-bond donors (Lipinski definition) is 1. The summed E-state index contributed by atoms with van der Waals surface area (Å²) in [6, 6.07) is 0. The highest BCUT2D eigenvalue weighted by molar-refractivity contribution is 5.89. The third kappa shape index (κ3) is 1.10. The van der Waals surface area contributed by atoms with E-state index in [4.69, 9.17) is 14.2 Å². The maximum atomic E-state index is 11.5. The lowest BCUT2D eigenvalue weighted by Crippen LogP contribution is -2.40. The van der Waals surface area contributed by atoms with E-state index in [1.807, 2.05) is 6.92 Å². The van der Waals surface area contributed by atoms with Crippen molar-refractivity contribution < 1.29 is 24.1 Å². The Hall–Kier alpha value is -1.07. The molecule has 5 atom stereocenters. The molecule has 3 rings (SSSR count). The number of aliphatic hydroxyl groups excluding tert-OH is 1. The van der Waals surface area contributed by atoms with Crippen LogP contribution in [-0.2, 0) is 19.0 Å². The number of rotatable bonds is 1. The highest BCUT2D eigenvalue weighted by Gasteiger charge is 2.70. The van der Waals surface area contributed by atoms with E-state index >= 15 is 0 Å². The van der Waals surface area contributed by atoms with Crippen LogP contribution in [0.1, 0.15) is 13.3 Å². The first-order chi connectivity index (χ1) is 7.58. The van der Waals surface area contributed by atoms with Gasteiger partial charge in [0.25, 0.3) is 0 Å². The van der Waals surface area contributed by atoms with Crippen molar-refractivity contribution in [3.05, 3.63) is 11.8 Å². The van der Waals surface area contributed by atoms with Crippen molar-refractivity contribution in [2.75, 3.05) is 7.11 Å². The summed E-state index contributed by atoms with van der Waals surface area (Å²) in [5.41, 5.74) is 0.173. The Balaban J connectivity index is 1.92. The zero-order chi connectivity index (χ0) is 11.5. The highest BCUT2D eigenvalue weighted by atomic mass is 16.6. The number of carbonyl (C=O) groups is 1. The van der Waals surface area contributed by atoms with Crippen LogP contribution in [0.15, 0.2) is 11.8 Å². The van der Waals surface area contributed by atoms with E-state index in [0.717, 1.165) is 6.42 Å². The minimum Gasteiger partial charge on any atom is -0.472 e. The van der Waals surface area contributed by atoms with E-state index in [9.17, 15) is 9.90 Å². The van der Waals surface area contributed by atoms with Crippen molar-refractivity contribution in [2.24, 2.45) is 11.8 Å². The van der Waals surface area contributed by atoms with E-state index in [1.165, 1.54) is 13.4 Å². The molecule has 3 unspecified atom stereocenters. The number of aliphatic hydroxyl groups is 1. The molecule has 0 spiro atoms. The van der Waals surface area contributed by atoms with Gasteiger partial charge in [-0.3, -0.25) is 0 Å². The van der Waals surface area contributed by atoms with Crippen molar-refractivity contribution >= 4 is 5.97 Å². The standard InChI is InChI=1S/C11H14O5/c1-11-7(16-11)3-5-6(9(12)14-2)4-15-10(13)8(5)11/h4-5,7-8,10,13H,3H2,1-2H3/t5-,7?,8-,10?,11?/m1/s1. The summed E-state index contributed by atoms with van der Waals surface area (Å²) in [6.07, 6.45) is 1.32. The molecular formula is C11H14O5. The minimum absolute atomic E-state index is 0.0139. The maximum absolute atomic E-state index is 11.5. The fraction of sp³-hybridized carbons (Fsp3) is 0.727. The molecule has 1 saturated carbocycles.